The summed E-state index contributed by atoms with van der Waals surface area (Å²) in [7, 11) is -3.29. The van der Waals surface area contributed by atoms with E-state index in [0.29, 0.717) is 5.56 Å². The van der Waals surface area contributed by atoms with E-state index in [1.54, 1.807) is 26.0 Å². The molecule has 0 spiro atoms. The summed E-state index contributed by atoms with van der Waals surface area (Å²) in [4.78, 5) is 12.4. The summed E-state index contributed by atoms with van der Waals surface area (Å²) in [5, 5.41) is 5.74. The third-order valence-corrected chi connectivity index (χ3v) is 5.87. The van der Waals surface area contributed by atoms with Gasteiger partial charge in [-0.05, 0) is 57.5 Å². The van der Waals surface area contributed by atoms with Crippen molar-refractivity contribution in [2.45, 2.75) is 42.9 Å². The molecule has 1 amide bonds. The smallest absolute Gasteiger partial charge is 0.251 e. The first-order valence-electron chi connectivity index (χ1n) is 7.27. The summed E-state index contributed by atoms with van der Waals surface area (Å²) in [6.07, 6.45) is 2.02. The van der Waals surface area contributed by atoms with Crippen molar-refractivity contribution in [2.24, 2.45) is 0 Å². The van der Waals surface area contributed by atoms with Crippen LogP contribution in [0.2, 0.25) is 0 Å². The minimum atomic E-state index is -3.29. The number of benzene rings is 1. The van der Waals surface area contributed by atoms with Crippen molar-refractivity contribution in [2.75, 3.05) is 13.1 Å². The molecule has 1 aromatic carbocycles. The van der Waals surface area contributed by atoms with Gasteiger partial charge in [0, 0.05) is 18.2 Å². The summed E-state index contributed by atoms with van der Waals surface area (Å²) in [5.41, 5.74) is 0.489. The minimum absolute atomic E-state index is 0.144. The van der Waals surface area contributed by atoms with E-state index in [0.717, 1.165) is 25.9 Å². The van der Waals surface area contributed by atoms with Gasteiger partial charge in [-0.25, -0.2) is 8.42 Å². The van der Waals surface area contributed by atoms with Crippen molar-refractivity contribution in [1.82, 2.24) is 10.6 Å². The van der Waals surface area contributed by atoms with Gasteiger partial charge in [-0.2, -0.15) is 0 Å². The molecular formula is C15H22N2O3S. The van der Waals surface area contributed by atoms with E-state index in [2.05, 4.69) is 10.6 Å². The fourth-order valence-corrected chi connectivity index (χ4v) is 3.37. The SMILES string of the molecule is CC(C)S(=O)(=O)c1ccc(C(=O)NC2CCCNC2)cc1. The van der Waals surface area contributed by atoms with Crippen LogP contribution in [0.25, 0.3) is 0 Å². The molecule has 6 heteroatoms. The number of sulfone groups is 1. The van der Waals surface area contributed by atoms with Crippen molar-refractivity contribution in [3.05, 3.63) is 29.8 Å². The Morgan fingerprint density at radius 1 is 1.29 bits per heavy atom. The standard InChI is InChI=1S/C15H22N2O3S/c1-11(2)21(19,20)14-7-5-12(6-8-14)15(18)17-13-4-3-9-16-10-13/h5-8,11,13,16H,3-4,9-10H2,1-2H3,(H,17,18). The molecule has 1 aromatic rings. The van der Waals surface area contributed by atoms with Gasteiger partial charge in [-0.3, -0.25) is 4.79 Å². The number of amides is 1. The van der Waals surface area contributed by atoms with E-state index in [9.17, 15) is 13.2 Å². The highest BCUT2D eigenvalue weighted by Crippen LogP contribution is 2.16. The number of rotatable bonds is 4. The molecule has 1 aliphatic heterocycles. The first kappa shape index (κ1) is 16.0. The van der Waals surface area contributed by atoms with Gasteiger partial charge in [0.05, 0.1) is 10.1 Å². The molecule has 2 N–H and O–H groups in total. The average Bonchev–Trinajstić information content (AvgIpc) is 2.48. The molecule has 0 radical (unpaired) electrons. The molecule has 0 saturated carbocycles. The van der Waals surface area contributed by atoms with E-state index in [1.807, 2.05) is 0 Å². The second-order valence-corrected chi connectivity index (χ2v) is 8.14. The molecule has 5 nitrogen and oxygen atoms in total. The van der Waals surface area contributed by atoms with Crippen molar-refractivity contribution >= 4 is 15.7 Å². The summed E-state index contributed by atoms with van der Waals surface area (Å²) in [6.45, 7) is 5.07. The second-order valence-electron chi connectivity index (χ2n) is 5.63. The Morgan fingerprint density at radius 3 is 2.48 bits per heavy atom. The first-order valence-corrected chi connectivity index (χ1v) is 8.81. The van der Waals surface area contributed by atoms with Gasteiger partial charge in [-0.1, -0.05) is 0 Å². The highest BCUT2D eigenvalue weighted by molar-refractivity contribution is 7.92. The van der Waals surface area contributed by atoms with Crippen LogP contribution < -0.4 is 10.6 Å². The van der Waals surface area contributed by atoms with Crippen LogP contribution in [-0.4, -0.2) is 38.7 Å². The molecule has 0 aliphatic carbocycles. The maximum absolute atomic E-state index is 12.1. The van der Waals surface area contributed by atoms with Crippen molar-refractivity contribution in [3.8, 4) is 0 Å². The predicted octanol–water partition coefficient (Wildman–Crippen LogP) is 1.35. The van der Waals surface area contributed by atoms with E-state index in [-0.39, 0.29) is 16.8 Å². The van der Waals surface area contributed by atoms with Gasteiger partial charge in [0.25, 0.3) is 5.91 Å². The number of nitrogens with one attached hydrogen (secondary N) is 2. The van der Waals surface area contributed by atoms with Crippen LogP contribution in [0.3, 0.4) is 0 Å². The van der Waals surface area contributed by atoms with Crippen LogP contribution in [0.4, 0.5) is 0 Å². The van der Waals surface area contributed by atoms with Crippen LogP contribution >= 0.6 is 0 Å². The lowest BCUT2D eigenvalue weighted by molar-refractivity contribution is 0.0930. The average molecular weight is 310 g/mol. The van der Waals surface area contributed by atoms with Crippen LogP contribution in [0.5, 0.6) is 0 Å². The number of carbonyl (C=O) groups excluding carboxylic acids is 1. The van der Waals surface area contributed by atoms with Crippen LogP contribution in [-0.2, 0) is 9.84 Å². The molecule has 1 atom stereocenters. The van der Waals surface area contributed by atoms with Gasteiger partial charge < -0.3 is 10.6 Å². The lowest BCUT2D eigenvalue weighted by Gasteiger charge is -2.23. The number of hydrogen-bond acceptors (Lipinski definition) is 4. The molecule has 1 fully saturated rings. The third kappa shape index (κ3) is 3.83. The summed E-state index contributed by atoms with van der Waals surface area (Å²) >= 11 is 0. The van der Waals surface area contributed by atoms with Crippen molar-refractivity contribution in [1.29, 1.82) is 0 Å². The zero-order chi connectivity index (χ0) is 15.5. The Morgan fingerprint density at radius 2 is 1.95 bits per heavy atom. The number of carbonyl (C=O) groups is 1. The van der Waals surface area contributed by atoms with Gasteiger partial charge in [0.2, 0.25) is 0 Å². The van der Waals surface area contributed by atoms with E-state index < -0.39 is 15.1 Å². The molecule has 116 valence electrons. The maximum atomic E-state index is 12.1. The Bertz CT molecular complexity index is 588. The molecule has 21 heavy (non-hydrogen) atoms. The number of hydrogen-bond donors (Lipinski definition) is 2. The quantitative estimate of drug-likeness (QED) is 0.880. The van der Waals surface area contributed by atoms with Gasteiger partial charge in [-0.15, -0.1) is 0 Å². The Kier molecular flexibility index (Phi) is 5.00. The van der Waals surface area contributed by atoms with Gasteiger partial charge in [0.1, 0.15) is 0 Å². The maximum Gasteiger partial charge on any atom is 0.251 e. The van der Waals surface area contributed by atoms with Gasteiger partial charge >= 0.3 is 0 Å². The highest BCUT2D eigenvalue weighted by Gasteiger charge is 2.20. The fraction of sp³-hybridized carbons (Fsp3) is 0.533. The Hall–Kier alpha value is -1.40. The lowest BCUT2D eigenvalue weighted by atomic mass is 10.1. The molecule has 0 bridgehead atoms. The molecular weight excluding hydrogens is 288 g/mol. The molecule has 1 unspecified atom stereocenters. The largest absolute Gasteiger partial charge is 0.348 e. The second kappa shape index (κ2) is 6.58. The lowest BCUT2D eigenvalue weighted by Crippen LogP contribution is -2.45. The van der Waals surface area contributed by atoms with Crippen LogP contribution in [0.15, 0.2) is 29.2 Å². The normalized spacial score (nSPS) is 19.5. The van der Waals surface area contributed by atoms with Crippen LogP contribution in [0, 0.1) is 0 Å². The Balaban J connectivity index is 2.06. The van der Waals surface area contributed by atoms with E-state index >= 15 is 0 Å². The van der Waals surface area contributed by atoms with Crippen molar-refractivity contribution < 1.29 is 13.2 Å². The fourth-order valence-electron chi connectivity index (χ4n) is 2.31. The highest BCUT2D eigenvalue weighted by atomic mass is 32.2. The van der Waals surface area contributed by atoms with E-state index in [4.69, 9.17) is 0 Å². The molecule has 1 heterocycles. The zero-order valence-corrected chi connectivity index (χ0v) is 13.2. The first-order chi connectivity index (χ1) is 9.91. The predicted molar refractivity (Wildman–Crippen MR) is 82.1 cm³/mol. The molecule has 2 rings (SSSR count). The van der Waals surface area contributed by atoms with E-state index in [1.165, 1.54) is 12.1 Å². The molecule has 1 saturated heterocycles. The van der Waals surface area contributed by atoms with Gasteiger partial charge in [0.15, 0.2) is 9.84 Å². The van der Waals surface area contributed by atoms with Crippen LogP contribution in [0.1, 0.15) is 37.0 Å². The topological polar surface area (TPSA) is 75.3 Å². The zero-order valence-electron chi connectivity index (χ0n) is 12.4. The summed E-state index contributed by atoms with van der Waals surface area (Å²) < 4.78 is 24.0. The number of piperidine rings is 1. The molecule has 1 aliphatic rings. The third-order valence-electron chi connectivity index (χ3n) is 3.70. The summed E-state index contributed by atoms with van der Waals surface area (Å²) in [5.74, 6) is -0.155. The molecule has 0 aromatic heterocycles. The van der Waals surface area contributed by atoms with Crippen molar-refractivity contribution in [3.63, 3.8) is 0 Å². The monoisotopic (exact) mass is 310 g/mol. The minimum Gasteiger partial charge on any atom is -0.348 e. The summed E-state index contributed by atoms with van der Waals surface area (Å²) in [6, 6.07) is 6.29. The Labute approximate surface area is 126 Å².